The van der Waals surface area contributed by atoms with Gasteiger partial charge in [0.05, 0.1) is 5.75 Å². The minimum atomic E-state index is -3.05. The fourth-order valence-electron chi connectivity index (χ4n) is 2.44. The molecule has 0 aromatic carbocycles. The van der Waals surface area contributed by atoms with Crippen LogP contribution >= 0.6 is 0 Å². The van der Waals surface area contributed by atoms with Gasteiger partial charge in [0, 0.05) is 12.3 Å². The molecule has 0 spiro atoms. The van der Waals surface area contributed by atoms with E-state index in [1.54, 1.807) is 20.8 Å². The van der Waals surface area contributed by atoms with Crippen molar-refractivity contribution < 1.29 is 18.0 Å². The van der Waals surface area contributed by atoms with E-state index in [4.69, 9.17) is 0 Å². The second-order valence-electron chi connectivity index (χ2n) is 5.95. The van der Waals surface area contributed by atoms with Crippen molar-refractivity contribution in [3.63, 3.8) is 0 Å². The van der Waals surface area contributed by atoms with Crippen LogP contribution in [0.5, 0.6) is 0 Å². The maximum atomic E-state index is 12.5. The van der Waals surface area contributed by atoms with Crippen molar-refractivity contribution >= 4 is 21.7 Å². The van der Waals surface area contributed by atoms with E-state index in [1.165, 1.54) is 4.90 Å². The average Bonchev–Trinajstić information content (AvgIpc) is 2.40. The van der Waals surface area contributed by atoms with Gasteiger partial charge in [-0.15, -0.1) is 0 Å². The van der Waals surface area contributed by atoms with Gasteiger partial charge in [0.25, 0.3) is 0 Å². The van der Waals surface area contributed by atoms with E-state index in [1.807, 2.05) is 6.92 Å². The number of carbonyl (C=O) groups excluding carboxylic acids is 2. The molecule has 1 heterocycles. The van der Waals surface area contributed by atoms with Gasteiger partial charge in [-0.1, -0.05) is 20.3 Å². The summed E-state index contributed by atoms with van der Waals surface area (Å²) >= 11 is 0. The van der Waals surface area contributed by atoms with Crippen LogP contribution in [0.15, 0.2) is 0 Å². The predicted molar refractivity (Wildman–Crippen MR) is 81.6 cm³/mol. The first-order valence-corrected chi connectivity index (χ1v) is 9.30. The van der Waals surface area contributed by atoms with Gasteiger partial charge in [-0.3, -0.25) is 9.59 Å². The van der Waals surface area contributed by atoms with Gasteiger partial charge < -0.3 is 10.2 Å². The smallest absolute Gasteiger partial charge is 0.246 e. The number of nitrogens with one attached hydrogen (secondary N) is 1. The van der Waals surface area contributed by atoms with Crippen LogP contribution in [-0.4, -0.2) is 54.8 Å². The standard InChI is InChI=1S/C14H26N2O4S/c1-5-8-11-12(17)16(14(3,4)13(18)15-11)9-7-10-21(19,20)6-2/h11H,5-10H2,1-4H3,(H,15,18). The Morgan fingerprint density at radius 1 is 1.24 bits per heavy atom. The van der Waals surface area contributed by atoms with Crippen LogP contribution in [0, 0.1) is 0 Å². The lowest BCUT2D eigenvalue weighted by molar-refractivity contribution is -0.155. The van der Waals surface area contributed by atoms with Crippen LogP contribution in [0.25, 0.3) is 0 Å². The molecular weight excluding hydrogens is 292 g/mol. The zero-order valence-electron chi connectivity index (χ0n) is 13.3. The molecule has 0 aliphatic carbocycles. The topological polar surface area (TPSA) is 83.6 Å². The third kappa shape index (κ3) is 4.18. The fraction of sp³-hybridized carbons (Fsp3) is 0.857. The lowest BCUT2D eigenvalue weighted by Crippen LogP contribution is -2.68. The summed E-state index contributed by atoms with van der Waals surface area (Å²) in [5.41, 5.74) is -0.933. The zero-order chi connectivity index (χ0) is 16.3. The van der Waals surface area contributed by atoms with Gasteiger partial charge in [0.1, 0.15) is 21.4 Å². The van der Waals surface area contributed by atoms with Crippen LogP contribution < -0.4 is 5.32 Å². The minimum Gasteiger partial charge on any atom is -0.342 e. The second-order valence-corrected chi connectivity index (χ2v) is 8.43. The van der Waals surface area contributed by atoms with Crippen LogP contribution in [0.2, 0.25) is 0 Å². The first-order chi connectivity index (χ1) is 9.65. The second kappa shape index (κ2) is 6.77. The third-order valence-corrected chi connectivity index (χ3v) is 5.74. The number of amides is 2. The summed E-state index contributed by atoms with van der Waals surface area (Å²) in [6.45, 7) is 7.24. The fourth-order valence-corrected chi connectivity index (χ4v) is 3.30. The molecule has 1 fully saturated rings. The minimum absolute atomic E-state index is 0.0451. The first kappa shape index (κ1) is 17.9. The van der Waals surface area contributed by atoms with Crippen molar-refractivity contribution in [1.82, 2.24) is 10.2 Å². The summed E-state index contributed by atoms with van der Waals surface area (Å²) in [5, 5.41) is 2.76. The Morgan fingerprint density at radius 3 is 2.38 bits per heavy atom. The van der Waals surface area contributed by atoms with E-state index >= 15 is 0 Å². The quantitative estimate of drug-likeness (QED) is 0.749. The van der Waals surface area contributed by atoms with E-state index < -0.39 is 21.4 Å². The van der Waals surface area contributed by atoms with Crippen molar-refractivity contribution in [2.24, 2.45) is 0 Å². The van der Waals surface area contributed by atoms with Crippen molar-refractivity contribution in [3.05, 3.63) is 0 Å². The summed E-state index contributed by atoms with van der Waals surface area (Å²) in [6.07, 6.45) is 1.76. The average molecular weight is 318 g/mol. The molecule has 1 rings (SSSR count). The van der Waals surface area contributed by atoms with E-state index in [-0.39, 0.29) is 23.3 Å². The van der Waals surface area contributed by atoms with Crippen LogP contribution in [-0.2, 0) is 19.4 Å². The van der Waals surface area contributed by atoms with Gasteiger partial charge in [-0.2, -0.15) is 0 Å². The summed E-state index contributed by atoms with van der Waals surface area (Å²) in [4.78, 5) is 26.1. The molecule has 1 atom stereocenters. The molecule has 0 saturated carbocycles. The maximum Gasteiger partial charge on any atom is 0.246 e. The molecule has 1 aliphatic rings. The Labute approximate surface area is 127 Å². The Bertz CT molecular complexity index is 499. The molecule has 122 valence electrons. The molecule has 1 saturated heterocycles. The predicted octanol–water partition coefficient (Wildman–Crippen LogP) is 0.717. The van der Waals surface area contributed by atoms with Gasteiger partial charge in [0.15, 0.2) is 0 Å². The molecule has 0 aromatic rings. The molecule has 2 amide bonds. The highest BCUT2D eigenvalue weighted by atomic mass is 32.2. The molecule has 1 N–H and O–H groups in total. The van der Waals surface area contributed by atoms with Crippen molar-refractivity contribution in [2.75, 3.05) is 18.1 Å². The largest absolute Gasteiger partial charge is 0.342 e. The summed E-state index contributed by atoms with van der Waals surface area (Å²) in [7, 11) is -3.05. The Kier molecular flexibility index (Phi) is 5.78. The van der Waals surface area contributed by atoms with Gasteiger partial charge in [-0.25, -0.2) is 8.42 Å². The highest BCUT2D eigenvalue weighted by Crippen LogP contribution is 2.23. The highest BCUT2D eigenvalue weighted by Gasteiger charge is 2.45. The van der Waals surface area contributed by atoms with E-state index in [0.717, 1.165) is 6.42 Å². The Morgan fingerprint density at radius 2 is 1.86 bits per heavy atom. The van der Waals surface area contributed by atoms with E-state index in [0.29, 0.717) is 19.4 Å². The van der Waals surface area contributed by atoms with Crippen LogP contribution in [0.4, 0.5) is 0 Å². The molecule has 1 unspecified atom stereocenters. The normalized spacial score (nSPS) is 22.3. The molecule has 7 heteroatoms. The Hall–Kier alpha value is -1.11. The lowest BCUT2D eigenvalue weighted by Gasteiger charge is -2.44. The monoisotopic (exact) mass is 318 g/mol. The summed E-state index contributed by atoms with van der Waals surface area (Å²) < 4.78 is 23.1. The van der Waals surface area contributed by atoms with E-state index in [2.05, 4.69) is 5.32 Å². The highest BCUT2D eigenvalue weighted by molar-refractivity contribution is 7.91. The first-order valence-electron chi connectivity index (χ1n) is 7.48. The van der Waals surface area contributed by atoms with Gasteiger partial charge in [-0.05, 0) is 26.7 Å². The molecule has 0 aromatic heterocycles. The third-order valence-electron chi connectivity index (χ3n) is 3.95. The van der Waals surface area contributed by atoms with Crippen molar-refractivity contribution in [1.29, 1.82) is 0 Å². The molecule has 1 aliphatic heterocycles. The number of rotatable bonds is 7. The SMILES string of the molecule is CCCC1NC(=O)C(C)(C)N(CCCS(=O)(=O)CC)C1=O. The van der Waals surface area contributed by atoms with Gasteiger partial charge >= 0.3 is 0 Å². The number of hydrogen-bond acceptors (Lipinski definition) is 4. The molecule has 0 radical (unpaired) electrons. The zero-order valence-corrected chi connectivity index (χ0v) is 14.1. The Balaban J connectivity index is 2.79. The molecule has 21 heavy (non-hydrogen) atoms. The molecular formula is C14H26N2O4S. The lowest BCUT2D eigenvalue weighted by atomic mass is 9.94. The maximum absolute atomic E-state index is 12.5. The van der Waals surface area contributed by atoms with Crippen molar-refractivity contribution in [2.45, 2.75) is 58.5 Å². The summed E-state index contributed by atoms with van der Waals surface area (Å²) in [6, 6.07) is -0.488. The number of sulfone groups is 1. The van der Waals surface area contributed by atoms with Gasteiger partial charge in [0.2, 0.25) is 11.8 Å². The van der Waals surface area contributed by atoms with Crippen molar-refractivity contribution in [3.8, 4) is 0 Å². The number of piperazine rings is 1. The number of hydrogen-bond donors (Lipinski definition) is 1. The van der Waals surface area contributed by atoms with Crippen LogP contribution in [0.3, 0.4) is 0 Å². The number of carbonyl (C=O) groups is 2. The molecule has 6 nitrogen and oxygen atoms in total. The summed E-state index contributed by atoms with van der Waals surface area (Å²) in [5.74, 6) is -0.151. The van der Waals surface area contributed by atoms with E-state index in [9.17, 15) is 18.0 Å². The van der Waals surface area contributed by atoms with Crippen LogP contribution in [0.1, 0.15) is 47.0 Å². The molecule has 0 bridgehead atoms. The number of nitrogens with zero attached hydrogens (tertiary/aromatic N) is 1.